The van der Waals surface area contributed by atoms with Crippen molar-refractivity contribution in [3.05, 3.63) is 18.2 Å². The second kappa shape index (κ2) is 4.76. The SMILES string of the molecule is COC(C)C(=O)NCc1nccn1C. The van der Waals surface area contributed by atoms with E-state index in [0.717, 1.165) is 5.82 Å². The molecule has 1 heterocycles. The average Bonchev–Trinajstić information content (AvgIpc) is 2.59. The summed E-state index contributed by atoms with van der Waals surface area (Å²) in [5.41, 5.74) is 0. The Balaban J connectivity index is 2.41. The summed E-state index contributed by atoms with van der Waals surface area (Å²) in [4.78, 5) is 15.4. The molecule has 5 heteroatoms. The van der Waals surface area contributed by atoms with Crippen molar-refractivity contribution >= 4 is 5.91 Å². The Morgan fingerprint density at radius 1 is 1.79 bits per heavy atom. The number of hydrogen-bond donors (Lipinski definition) is 1. The van der Waals surface area contributed by atoms with Crippen LogP contribution in [-0.2, 0) is 23.1 Å². The predicted molar refractivity (Wildman–Crippen MR) is 51.5 cm³/mol. The van der Waals surface area contributed by atoms with Gasteiger partial charge in [-0.3, -0.25) is 4.79 Å². The van der Waals surface area contributed by atoms with Crippen LogP contribution in [-0.4, -0.2) is 28.7 Å². The number of nitrogens with zero attached hydrogens (tertiary/aromatic N) is 2. The summed E-state index contributed by atoms with van der Waals surface area (Å²) in [6.07, 6.45) is 3.11. The molecule has 0 fully saturated rings. The zero-order valence-electron chi connectivity index (χ0n) is 8.65. The first-order chi connectivity index (χ1) is 6.65. The zero-order chi connectivity index (χ0) is 10.6. The Morgan fingerprint density at radius 2 is 2.50 bits per heavy atom. The summed E-state index contributed by atoms with van der Waals surface area (Å²) in [7, 11) is 3.39. The van der Waals surface area contributed by atoms with Crippen LogP contribution in [0.4, 0.5) is 0 Å². The Hall–Kier alpha value is -1.36. The number of amides is 1. The Labute approximate surface area is 83.1 Å². The molecule has 78 valence electrons. The molecule has 0 bridgehead atoms. The lowest BCUT2D eigenvalue weighted by molar-refractivity contribution is -0.130. The molecule has 0 radical (unpaired) electrons. The van der Waals surface area contributed by atoms with Crippen molar-refractivity contribution in [2.45, 2.75) is 19.6 Å². The van der Waals surface area contributed by atoms with Crippen LogP contribution in [0.3, 0.4) is 0 Å². The van der Waals surface area contributed by atoms with Gasteiger partial charge in [0.15, 0.2) is 0 Å². The molecule has 1 aromatic rings. The number of imidazole rings is 1. The summed E-state index contributed by atoms with van der Waals surface area (Å²) in [5, 5.41) is 2.73. The van der Waals surface area contributed by atoms with Crippen LogP contribution in [0.1, 0.15) is 12.7 Å². The number of nitrogens with one attached hydrogen (secondary N) is 1. The third kappa shape index (κ3) is 2.56. The Bertz CT molecular complexity index is 309. The standard InChI is InChI=1S/C9H15N3O2/c1-7(14-3)9(13)11-6-8-10-4-5-12(8)2/h4-5,7H,6H2,1-3H3,(H,11,13). The second-order valence-electron chi connectivity index (χ2n) is 3.05. The fraction of sp³-hybridized carbons (Fsp3) is 0.556. The highest BCUT2D eigenvalue weighted by Gasteiger charge is 2.11. The van der Waals surface area contributed by atoms with E-state index in [4.69, 9.17) is 4.74 Å². The van der Waals surface area contributed by atoms with Crippen LogP contribution in [0.25, 0.3) is 0 Å². The third-order valence-corrected chi connectivity index (χ3v) is 2.06. The number of aryl methyl sites for hydroxylation is 1. The van der Waals surface area contributed by atoms with Gasteiger partial charge in [0.05, 0.1) is 6.54 Å². The molecular formula is C9H15N3O2. The van der Waals surface area contributed by atoms with Crippen molar-refractivity contribution in [3.63, 3.8) is 0 Å². The number of ether oxygens (including phenoxy) is 1. The number of methoxy groups -OCH3 is 1. The number of hydrogen-bond acceptors (Lipinski definition) is 3. The quantitative estimate of drug-likeness (QED) is 0.743. The van der Waals surface area contributed by atoms with E-state index in [1.807, 2.05) is 17.8 Å². The maximum Gasteiger partial charge on any atom is 0.249 e. The van der Waals surface area contributed by atoms with Crippen LogP contribution >= 0.6 is 0 Å². The van der Waals surface area contributed by atoms with E-state index in [1.165, 1.54) is 7.11 Å². The summed E-state index contributed by atoms with van der Waals surface area (Å²) < 4.78 is 6.73. The first-order valence-corrected chi connectivity index (χ1v) is 4.42. The zero-order valence-corrected chi connectivity index (χ0v) is 8.65. The predicted octanol–water partition coefficient (Wildman–Crippen LogP) is 0.0712. The van der Waals surface area contributed by atoms with E-state index in [1.54, 1.807) is 13.1 Å². The lowest BCUT2D eigenvalue weighted by Gasteiger charge is -2.09. The summed E-state index contributed by atoms with van der Waals surface area (Å²) in [5.74, 6) is 0.692. The van der Waals surface area contributed by atoms with E-state index in [-0.39, 0.29) is 5.91 Å². The van der Waals surface area contributed by atoms with Crippen LogP contribution < -0.4 is 5.32 Å². The van der Waals surface area contributed by atoms with Gasteiger partial charge in [0.25, 0.3) is 0 Å². The summed E-state index contributed by atoms with van der Waals surface area (Å²) in [6.45, 7) is 2.13. The van der Waals surface area contributed by atoms with Crippen LogP contribution in [0.15, 0.2) is 12.4 Å². The van der Waals surface area contributed by atoms with Gasteiger partial charge in [-0.25, -0.2) is 4.98 Å². The number of rotatable bonds is 4. The molecule has 0 saturated carbocycles. The monoisotopic (exact) mass is 197 g/mol. The molecule has 5 nitrogen and oxygen atoms in total. The summed E-state index contributed by atoms with van der Waals surface area (Å²) >= 11 is 0. The van der Waals surface area contributed by atoms with Gasteiger partial charge in [-0.15, -0.1) is 0 Å². The maximum absolute atomic E-state index is 11.3. The highest BCUT2D eigenvalue weighted by Crippen LogP contribution is 1.94. The van der Waals surface area contributed by atoms with Crippen molar-refractivity contribution in [3.8, 4) is 0 Å². The molecule has 1 amide bonds. The van der Waals surface area contributed by atoms with Crippen molar-refractivity contribution in [1.82, 2.24) is 14.9 Å². The first kappa shape index (κ1) is 10.7. The molecule has 0 spiro atoms. The minimum atomic E-state index is -0.421. The molecule has 1 N–H and O–H groups in total. The van der Waals surface area contributed by atoms with Gasteiger partial charge in [-0.05, 0) is 6.92 Å². The topological polar surface area (TPSA) is 56.1 Å². The second-order valence-corrected chi connectivity index (χ2v) is 3.05. The minimum Gasteiger partial charge on any atom is -0.372 e. The van der Waals surface area contributed by atoms with Crippen molar-refractivity contribution in [2.75, 3.05) is 7.11 Å². The molecule has 1 unspecified atom stereocenters. The van der Waals surface area contributed by atoms with E-state index in [2.05, 4.69) is 10.3 Å². The van der Waals surface area contributed by atoms with Crippen molar-refractivity contribution < 1.29 is 9.53 Å². The van der Waals surface area contributed by atoms with Crippen molar-refractivity contribution in [1.29, 1.82) is 0 Å². The van der Waals surface area contributed by atoms with Gasteiger partial charge >= 0.3 is 0 Å². The van der Waals surface area contributed by atoms with Gasteiger partial charge in [-0.2, -0.15) is 0 Å². The molecule has 14 heavy (non-hydrogen) atoms. The van der Waals surface area contributed by atoms with Gasteiger partial charge < -0.3 is 14.6 Å². The molecule has 1 aromatic heterocycles. The molecule has 1 rings (SSSR count). The maximum atomic E-state index is 11.3. The largest absolute Gasteiger partial charge is 0.372 e. The lowest BCUT2D eigenvalue weighted by atomic mass is 10.4. The van der Waals surface area contributed by atoms with Crippen LogP contribution in [0, 0.1) is 0 Å². The normalized spacial score (nSPS) is 12.5. The minimum absolute atomic E-state index is 0.129. The Morgan fingerprint density at radius 3 is 3.00 bits per heavy atom. The number of aromatic nitrogens is 2. The number of carbonyl (C=O) groups excluding carboxylic acids is 1. The van der Waals surface area contributed by atoms with Crippen LogP contribution in [0.2, 0.25) is 0 Å². The highest BCUT2D eigenvalue weighted by molar-refractivity contribution is 5.80. The first-order valence-electron chi connectivity index (χ1n) is 4.42. The van der Waals surface area contributed by atoms with Gasteiger partial charge in [0, 0.05) is 26.6 Å². The molecule has 0 aliphatic rings. The van der Waals surface area contributed by atoms with E-state index in [9.17, 15) is 4.79 Å². The fourth-order valence-corrected chi connectivity index (χ4v) is 0.984. The molecular weight excluding hydrogens is 182 g/mol. The van der Waals surface area contributed by atoms with E-state index in [0.29, 0.717) is 6.54 Å². The molecule has 0 aliphatic heterocycles. The van der Waals surface area contributed by atoms with Gasteiger partial charge in [-0.1, -0.05) is 0 Å². The van der Waals surface area contributed by atoms with Gasteiger partial charge in [0.1, 0.15) is 11.9 Å². The molecule has 1 atom stereocenters. The Kier molecular flexibility index (Phi) is 3.64. The fourth-order valence-electron chi connectivity index (χ4n) is 0.984. The molecule has 0 aromatic carbocycles. The smallest absolute Gasteiger partial charge is 0.249 e. The van der Waals surface area contributed by atoms with E-state index < -0.39 is 6.10 Å². The molecule has 0 saturated heterocycles. The third-order valence-electron chi connectivity index (χ3n) is 2.06. The average molecular weight is 197 g/mol. The highest BCUT2D eigenvalue weighted by atomic mass is 16.5. The lowest BCUT2D eigenvalue weighted by Crippen LogP contribution is -2.33. The van der Waals surface area contributed by atoms with Crippen molar-refractivity contribution in [2.24, 2.45) is 7.05 Å². The van der Waals surface area contributed by atoms with Gasteiger partial charge in [0.2, 0.25) is 5.91 Å². The number of carbonyl (C=O) groups is 1. The summed E-state index contributed by atoms with van der Waals surface area (Å²) in [6, 6.07) is 0. The van der Waals surface area contributed by atoms with E-state index >= 15 is 0 Å². The molecule has 0 aliphatic carbocycles. The van der Waals surface area contributed by atoms with Crippen LogP contribution in [0.5, 0.6) is 0 Å².